The number of ether oxygens (including phenoxy) is 1. The van der Waals surface area contributed by atoms with Crippen molar-refractivity contribution in [3.05, 3.63) is 18.0 Å². The van der Waals surface area contributed by atoms with E-state index < -0.39 is 0 Å². The summed E-state index contributed by atoms with van der Waals surface area (Å²) >= 11 is 0. The summed E-state index contributed by atoms with van der Waals surface area (Å²) in [7, 11) is 0. The molecular weight excluding hydrogens is 182 g/mol. The van der Waals surface area contributed by atoms with Crippen LogP contribution in [0.15, 0.2) is 12.4 Å². The third kappa shape index (κ3) is 1.71. The Kier molecular flexibility index (Phi) is 2.39. The van der Waals surface area contributed by atoms with Crippen LogP contribution in [0.25, 0.3) is 0 Å². The smallest absolute Gasteiger partial charge is 0.407 e. The predicted molar refractivity (Wildman–Crippen MR) is 49.7 cm³/mol. The molecule has 1 saturated heterocycles. The maximum absolute atomic E-state index is 10.8. The number of carbonyl (C=O) groups is 1. The fraction of sp³-hybridized carbons (Fsp3) is 0.556. The molecule has 14 heavy (non-hydrogen) atoms. The van der Waals surface area contributed by atoms with Gasteiger partial charge in [-0.3, -0.25) is 4.68 Å². The summed E-state index contributed by atoms with van der Waals surface area (Å²) < 4.78 is 6.90. The van der Waals surface area contributed by atoms with Crippen LogP contribution < -0.4 is 5.32 Å². The number of hydrogen-bond donors (Lipinski definition) is 1. The van der Waals surface area contributed by atoms with Gasteiger partial charge < -0.3 is 10.1 Å². The Morgan fingerprint density at radius 3 is 3.29 bits per heavy atom. The molecular formula is C9H13N3O2. The van der Waals surface area contributed by atoms with E-state index in [1.165, 1.54) is 0 Å². The molecule has 0 aliphatic carbocycles. The van der Waals surface area contributed by atoms with Crippen LogP contribution in [0, 0.1) is 0 Å². The largest absolute Gasteiger partial charge is 0.439 e. The van der Waals surface area contributed by atoms with Gasteiger partial charge in [0.15, 0.2) is 0 Å². The Bertz CT molecular complexity index is 335. The second kappa shape index (κ2) is 3.69. The van der Waals surface area contributed by atoms with E-state index in [0.717, 1.165) is 18.5 Å². The monoisotopic (exact) mass is 195 g/mol. The molecule has 5 heteroatoms. The lowest BCUT2D eigenvalue weighted by molar-refractivity contribution is 0.141. The average molecular weight is 195 g/mol. The van der Waals surface area contributed by atoms with Crippen molar-refractivity contribution >= 4 is 6.09 Å². The molecule has 0 bridgehead atoms. The molecule has 1 aromatic heterocycles. The molecule has 1 aliphatic heterocycles. The van der Waals surface area contributed by atoms with Gasteiger partial charge >= 0.3 is 6.09 Å². The van der Waals surface area contributed by atoms with Crippen molar-refractivity contribution < 1.29 is 9.53 Å². The first-order valence-electron chi connectivity index (χ1n) is 4.76. The minimum absolute atomic E-state index is 0.173. The molecule has 2 rings (SSSR count). The van der Waals surface area contributed by atoms with E-state index in [1.54, 1.807) is 6.20 Å². The van der Waals surface area contributed by atoms with Crippen molar-refractivity contribution in [1.29, 1.82) is 0 Å². The van der Waals surface area contributed by atoms with Gasteiger partial charge in [0.1, 0.15) is 6.10 Å². The van der Waals surface area contributed by atoms with E-state index >= 15 is 0 Å². The van der Waals surface area contributed by atoms with E-state index in [0.29, 0.717) is 6.54 Å². The van der Waals surface area contributed by atoms with E-state index in [9.17, 15) is 4.79 Å². The number of carbonyl (C=O) groups excluding carboxylic acids is 1. The number of nitrogens with zero attached hydrogens (tertiary/aromatic N) is 2. The molecule has 0 saturated carbocycles. The number of aromatic nitrogens is 2. The molecule has 0 radical (unpaired) electrons. The van der Waals surface area contributed by atoms with Gasteiger partial charge in [0.2, 0.25) is 0 Å². The predicted octanol–water partition coefficient (Wildman–Crippen LogP) is 1.07. The van der Waals surface area contributed by atoms with Crippen LogP contribution >= 0.6 is 0 Å². The van der Waals surface area contributed by atoms with Gasteiger partial charge in [0, 0.05) is 18.3 Å². The summed E-state index contributed by atoms with van der Waals surface area (Å²) in [6.07, 6.45) is 4.20. The summed E-state index contributed by atoms with van der Waals surface area (Å²) in [6.45, 7) is 3.53. The van der Waals surface area contributed by atoms with Crippen LogP contribution in [0.5, 0.6) is 0 Å². The quantitative estimate of drug-likeness (QED) is 0.785. The van der Waals surface area contributed by atoms with Gasteiger partial charge in [0.25, 0.3) is 0 Å². The lowest BCUT2D eigenvalue weighted by atomic mass is 10.2. The average Bonchev–Trinajstić information content (AvgIpc) is 2.74. The van der Waals surface area contributed by atoms with Crippen molar-refractivity contribution in [2.24, 2.45) is 0 Å². The summed E-state index contributed by atoms with van der Waals surface area (Å²) in [5.41, 5.74) is 0.955. The van der Waals surface area contributed by atoms with Gasteiger partial charge in [-0.25, -0.2) is 4.79 Å². The van der Waals surface area contributed by atoms with Gasteiger partial charge in [0.05, 0.1) is 12.7 Å². The van der Waals surface area contributed by atoms with Crippen molar-refractivity contribution in [3.8, 4) is 0 Å². The van der Waals surface area contributed by atoms with E-state index in [4.69, 9.17) is 4.74 Å². The van der Waals surface area contributed by atoms with Crippen LogP contribution in [0.3, 0.4) is 0 Å². The third-order valence-corrected chi connectivity index (χ3v) is 2.16. The number of aryl methyl sites for hydroxylation is 1. The summed E-state index contributed by atoms with van der Waals surface area (Å²) in [5, 5.41) is 6.78. The highest BCUT2D eigenvalue weighted by Crippen LogP contribution is 2.19. The summed E-state index contributed by atoms with van der Waals surface area (Å²) in [4.78, 5) is 10.8. The zero-order valence-electron chi connectivity index (χ0n) is 8.06. The van der Waals surface area contributed by atoms with Crippen LogP contribution in [0.2, 0.25) is 0 Å². The number of hydrogen-bond acceptors (Lipinski definition) is 3. The topological polar surface area (TPSA) is 56.2 Å². The first kappa shape index (κ1) is 9.05. The summed E-state index contributed by atoms with van der Waals surface area (Å²) in [6, 6.07) is 0. The van der Waals surface area contributed by atoms with E-state index in [-0.39, 0.29) is 12.2 Å². The van der Waals surface area contributed by atoms with Crippen molar-refractivity contribution in [1.82, 2.24) is 15.1 Å². The maximum atomic E-state index is 10.8. The van der Waals surface area contributed by atoms with Gasteiger partial charge in [-0.15, -0.1) is 0 Å². The Balaban J connectivity index is 2.05. The normalized spacial score (nSPS) is 20.6. The second-order valence-electron chi connectivity index (χ2n) is 3.31. The number of rotatable bonds is 3. The first-order valence-corrected chi connectivity index (χ1v) is 4.76. The molecule has 1 amide bonds. The fourth-order valence-electron chi connectivity index (χ4n) is 1.47. The minimum atomic E-state index is -0.349. The Hall–Kier alpha value is -1.52. The molecule has 1 unspecified atom stereocenters. The highest BCUT2D eigenvalue weighted by Gasteiger charge is 2.25. The molecule has 2 heterocycles. The molecule has 1 aliphatic rings. The molecule has 0 aromatic carbocycles. The third-order valence-electron chi connectivity index (χ3n) is 2.16. The molecule has 1 aromatic rings. The molecule has 76 valence electrons. The standard InChI is InChI=1S/C9H13N3O2/c1-2-3-12-6-7(4-11-12)8-5-10-9(13)14-8/h4,6,8H,2-3,5H2,1H3,(H,10,13). The molecule has 1 fully saturated rings. The highest BCUT2D eigenvalue weighted by molar-refractivity contribution is 5.69. The number of cyclic esters (lactones) is 1. The zero-order valence-corrected chi connectivity index (χ0v) is 8.06. The second-order valence-corrected chi connectivity index (χ2v) is 3.31. The van der Waals surface area contributed by atoms with Crippen molar-refractivity contribution in [2.75, 3.05) is 6.54 Å². The SMILES string of the molecule is CCCn1cc(C2CNC(=O)O2)cn1. The molecule has 1 N–H and O–H groups in total. The van der Waals surface area contributed by atoms with Gasteiger partial charge in [-0.1, -0.05) is 6.92 Å². The lowest BCUT2D eigenvalue weighted by Crippen LogP contribution is -2.12. The maximum Gasteiger partial charge on any atom is 0.407 e. The van der Waals surface area contributed by atoms with Crippen LogP contribution in [0.1, 0.15) is 25.0 Å². The van der Waals surface area contributed by atoms with E-state index in [2.05, 4.69) is 17.3 Å². The van der Waals surface area contributed by atoms with Gasteiger partial charge in [-0.05, 0) is 6.42 Å². The minimum Gasteiger partial charge on any atom is -0.439 e. The Morgan fingerprint density at radius 1 is 1.79 bits per heavy atom. The van der Waals surface area contributed by atoms with Gasteiger partial charge in [-0.2, -0.15) is 5.10 Å². The van der Waals surface area contributed by atoms with Crippen LogP contribution in [-0.2, 0) is 11.3 Å². The zero-order chi connectivity index (χ0) is 9.97. The summed E-state index contributed by atoms with van der Waals surface area (Å²) in [5.74, 6) is 0. The van der Waals surface area contributed by atoms with Crippen LogP contribution in [-0.4, -0.2) is 22.4 Å². The van der Waals surface area contributed by atoms with Crippen LogP contribution in [0.4, 0.5) is 4.79 Å². The number of alkyl carbamates (subject to hydrolysis) is 1. The fourth-order valence-corrected chi connectivity index (χ4v) is 1.47. The molecule has 1 atom stereocenters. The van der Waals surface area contributed by atoms with Crippen molar-refractivity contribution in [2.45, 2.75) is 26.0 Å². The number of amides is 1. The Labute approximate surface area is 82.0 Å². The van der Waals surface area contributed by atoms with E-state index in [1.807, 2.05) is 10.9 Å². The highest BCUT2D eigenvalue weighted by atomic mass is 16.6. The molecule has 5 nitrogen and oxygen atoms in total. The number of nitrogens with one attached hydrogen (secondary N) is 1. The lowest BCUT2D eigenvalue weighted by Gasteiger charge is -2.02. The Morgan fingerprint density at radius 2 is 2.64 bits per heavy atom. The molecule has 0 spiro atoms. The first-order chi connectivity index (χ1) is 6.79. The van der Waals surface area contributed by atoms with Crippen molar-refractivity contribution in [3.63, 3.8) is 0 Å².